The highest BCUT2D eigenvalue weighted by atomic mass is 16.6. The van der Waals surface area contributed by atoms with Gasteiger partial charge in [-0.1, -0.05) is 12.2 Å². The summed E-state index contributed by atoms with van der Waals surface area (Å²) in [5, 5.41) is 17.9. The second-order valence-electron chi connectivity index (χ2n) is 6.14. The molecule has 0 aliphatic heterocycles. The molecule has 0 bridgehead atoms. The van der Waals surface area contributed by atoms with E-state index in [0.717, 1.165) is 0 Å². The lowest BCUT2D eigenvalue weighted by molar-refractivity contribution is -0.149. The molecule has 1 unspecified atom stereocenters. The van der Waals surface area contributed by atoms with Crippen LogP contribution in [0.5, 0.6) is 0 Å². The fraction of sp³-hybridized carbons (Fsp3) is 0.600. The molecule has 0 rings (SSSR count). The SMILES string of the molecule is C[C@H](N)C(=O)N(C(=O)OC(C)(C)C)C(CC=CCC(=O)O)C(=O)O. The third-order valence-electron chi connectivity index (χ3n) is 2.63. The van der Waals surface area contributed by atoms with Gasteiger partial charge in [0.25, 0.3) is 0 Å². The van der Waals surface area contributed by atoms with E-state index >= 15 is 0 Å². The lowest BCUT2D eigenvalue weighted by atomic mass is 10.1. The third-order valence-corrected chi connectivity index (χ3v) is 2.63. The van der Waals surface area contributed by atoms with Crippen LogP contribution < -0.4 is 5.73 Å². The van der Waals surface area contributed by atoms with E-state index in [4.69, 9.17) is 15.6 Å². The Kier molecular flexibility index (Phi) is 8.11. The number of carbonyl (C=O) groups excluding carboxylic acids is 2. The number of hydrogen-bond acceptors (Lipinski definition) is 6. The zero-order valence-electron chi connectivity index (χ0n) is 14.2. The molecule has 0 saturated heterocycles. The first kappa shape index (κ1) is 21.6. The number of carboxylic acid groups (broad SMARTS) is 2. The van der Waals surface area contributed by atoms with E-state index in [1.807, 2.05) is 0 Å². The van der Waals surface area contributed by atoms with Gasteiger partial charge in [0.15, 0.2) is 0 Å². The maximum absolute atomic E-state index is 12.2. The minimum Gasteiger partial charge on any atom is -0.481 e. The number of carbonyl (C=O) groups is 4. The topological polar surface area (TPSA) is 147 Å². The van der Waals surface area contributed by atoms with Gasteiger partial charge in [-0.25, -0.2) is 14.5 Å². The summed E-state index contributed by atoms with van der Waals surface area (Å²) in [5.41, 5.74) is 4.55. The monoisotopic (exact) mass is 344 g/mol. The number of hydrogen-bond donors (Lipinski definition) is 3. The molecule has 0 aliphatic carbocycles. The van der Waals surface area contributed by atoms with Crippen LogP contribution in [0.4, 0.5) is 4.79 Å². The summed E-state index contributed by atoms with van der Waals surface area (Å²) in [6.07, 6.45) is 0.824. The summed E-state index contributed by atoms with van der Waals surface area (Å²) in [6.45, 7) is 6.03. The molecule has 4 N–H and O–H groups in total. The van der Waals surface area contributed by atoms with Crippen molar-refractivity contribution in [2.45, 2.75) is 58.2 Å². The van der Waals surface area contributed by atoms with Crippen LogP contribution in [0.15, 0.2) is 12.2 Å². The van der Waals surface area contributed by atoms with Crippen LogP contribution in [-0.4, -0.2) is 56.7 Å². The van der Waals surface area contributed by atoms with Crippen molar-refractivity contribution in [3.63, 3.8) is 0 Å². The Bertz CT molecular complexity index is 520. The van der Waals surface area contributed by atoms with E-state index in [1.54, 1.807) is 20.8 Å². The van der Waals surface area contributed by atoms with E-state index in [0.29, 0.717) is 4.90 Å². The summed E-state index contributed by atoms with van der Waals surface area (Å²) >= 11 is 0. The van der Waals surface area contributed by atoms with Crippen molar-refractivity contribution < 1.29 is 34.1 Å². The zero-order chi connectivity index (χ0) is 19.1. The maximum atomic E-state index is 12.2. The highest BCUT2D eigenvalue weighted by molar-refractivity contribution is 5.98. The molecule has 0 aliphatic rings. The lowest BCUT2D eigenvalue weighted by Crippen LogP contribution is -2.54. The van der Waals surface area contributed by atoms with Crippen molar-refractivity contribution in [1.82, 2.24) is 4.90 Å². The lowest BCUT2D eigenvalue weighted by Gasteiger charge is -2.30. The Morgan fingerprint density at radius 1 is 1.17 bits per heavy atom. The number of ether oxygens (including phenoxy) is 1. The van der Waals surface area contributed by atoms with Crippen molar-refractivity contribution in [3.8, 4) is 0 Å². The summed E-state index contributed by atoms with van der Waals surface area (Å²) in [4.78, 5) is 46.8. The number of nitrogens with zero attached hydrogens (tertiary/aromatic N) is 1. The van der Waals surface area contributed by atoms with E-state index in [-0.39, 0.29) is 12.8 Å². The Morgan fingerprint density at radius 2 is 1.71 bits per heavy atom. The number of nitrogens with two attached hydrogens (primary N) is 1. The first-order valence-corrected chi connectivity index (χ1v) is 7.28. The van der Waals surface area contributed by atoms with Gasteiger partial charge >= 0.3 is 18.0 Å². The fourth-order valence-corrected chi connectivity index (χ4v) is 1.63. The summed E-state index contributed by atoms with van der Waals surface area (Å²) in [7, 11) is 0. The van der Waals surface area contributed by atoms with Crippen molar-refractivity contribution >= 4 is 23.9 Å². The average Bonchev–Trinajstić information content (AvgIpc) is 2.38. The Balaban J connectivity index is 5.48. The van der Waals surface area contributed by atoms with Crippen LogP contribution in [0.25, 0.3) is 0 Å². The Hall–Kier alpha value is -2.42. The van der Waals surface area contributed by atoms with Crippen molar-refractivity contribution in [2.75, 3.05) is 0 Å². The second-order valence-corrected chi connectivity index (χ2v) is 6.14. The highest BCUT2D eigenvalue weighted by Crippen LogP contribution is 2.16. The molecule has 0 fully saturated rings. The van der Waals surface area contributed by atoms with Gasteiger partial charge in [0.05, 0.1) is 12.5 Å². The number of rotatable bonds is 7. The number of aliphatic carboxylic acids is 2. The molecule has 0 aromatic carbocycles. The molecule has 9 heteroatoms. The van der Waals surface area contributed by atoms with Crippen LogP contribution >= 0.6 is 0 Å². The predicted octanol–water partition coefficient (Wildman–Crippen LogP) is 0.971. The quantitative estimate of drug-likeness (QED) is 0.579. The smallest absolute Gasteiger partial charge is 0.417 e. The highest BCUT2D eigenvalue weighted by Gasteiger charge is 2.38. The molecular formula is C15H24N2O7. The molecule has 0 radical (unpaired) electrons. The Labute approximate surface area is 140 Å². The molecule has 2 atom stereocenters. The Morgan fingerprint density at radius 3 is 2.08 bits per heavy atom. The molecule has 0 aromatic heterocycles. The van der Waals surface area contributed by atoms with Crippen LogP contribution in [0.3, 0.4) is 0 Å². The normalized spacial score (nSPS) is 14.0. The number of imide groups is 1. The van der Waals surface area contributed by atoms with Gasteiger partial charge in [0.1, 0.15) is 11.6 Å². The minimum absolute atomic E-state index is 0.264. The molecule has 24 heavy (non-hydrogen) atoms. The number of carboxylic acids is 2. The van der Waals surface area contributed by atoms with Crippen LogP contribution in [-0.2, 0) is 19.1 Å². The largest absolute Gasteiger partial charge is 0.481 e. The molecule has 0 aromatic rings. The van der Waals surface area contributed by atoms with Gasteiger partial charge < -0.3 is 20.7 Å². The van der Waals surface area contributed by atoms with Gasteiger partial charge in [-0.15, -0.1) is 0 Å². The second kappa shape index (κ2) is 9.02. The van der Waals surface area contributed by atoms with Gasteiger partial charge in [0.2, 0.25) is 5.91 Å². The third kappa shape index (κ3) is 7.73. The maximum Gasteiger partial charge on any atom is 0.417 e. The standard InChI is InChI=1S/C15H24N2O7/c1-9(16)12(20)17(14(23)24-15(2,3)4)10(13(21)22)7-5-6-8-11(18)19/h5-6,9-10H,7-8,16H2,1-4H3,(H,18,19)(H,21,22)/t9-,10?/m0/s1. The summed E-state index contributed by atoms with van der Waals surface area (Å²) in [6, 6.07) is -2.66. The molecule has 0 spiro atoms. The van der Waals surface area contributed by atoms with Crippen LogP contribution in [0.2, 0.25) is 0 Å². The molecule has 0 heterocycles. The van der Waals surface area contributed by atoms with Crippen molar-refractivity contribution in [2.24, 2.45) is 5.73 Å². The van der Waals surface area contributed by atoms with Gasteiger partial charge in [0, 0.05) is 0 Å². The van der Waals surface area contributed by atoms with Crippen molar-refractivity contribution in [3.05, 3.63) is 12.2 Å². The summed E-state index contributed by atoms with van der Waals surface area (Å²) < 4.78 is 5.08. The molecular weight excluding hydrogens is 320 g/mol. The van der Waals surface area contributed by atoms with Gasteiger partial charge in [-0.2, -0.15) is 0 Å². The van der Waals surface area contributed by atoms with E-state index < -0.39 is 41.6 Å². The molecule has 136 valence electrons. The van der Waals surface area contributed by atoms with Crippen molar-refractivity contribution in [1.29, 1.82) is 0 Å². The predicted molar refractivity (Wildman–Crippen MR) is 84.2 cm³/mol. The molecule has 2 amide bonds. The van der Waals surface area contributed by atoms with Gasteiger partial charge in [-0.3, -0.25) is 9.59 Å². The average molecular weight is 344 g/mol. The first-order valence-electron chi connectivity index (χ1n) is 7.28. The van der Waals surface area contributed by atoms with Crippen LogP contribution in [0, 0.1) is 0 Å². The number of amides is 2. The molecule has 0 saturated carbocycles. The van der Waals surface area contributed by atoms with Gasteiger partial charge in [-0.05, 0) is 34.1 Å². The summed E-state index contributed by atoms with van der Waals surface area (Å²) in [5.74, 6) is -3.42. The van der Waals surface area contributed by atoms with E-state index in [1.165, 1.54) is 19.1 Å². The van der Waals surface area contributed by atoms with E-state index in [2.05, 4.69) is 0 Å². The zero-order valence-corrected chi connectivity index (χ0v) is 14.2. The van der Waals surface area contributed by atoms with E-state index in [9.17, 15) is 24.3 Å². The molecule has 9 nitrogen and oxygen atoms in total. The van der Waals surface area contributed by atoms with Crippen LogP contribution in [0.1, 0.15) is 40.5 Å². The minimum atomic E-state index is -1.55. The first-order chi connectivity index (χ1) is 10.9. The fourth-order valence-electron chi connectivity index (χ4n) is 1.63.